The zero-order valence-corrected chi connectivity index (χ0v) is 13.6. The number of rotatable bonds is 2. The molecule has 0 nitrogen and oxygen atoms in total. The van der Waals surface area contributed by atoms with E-state index in [1.807, 2.05) is 0 Å². The van der Waals surface area contributed by atoms with Crippen LogP contribution in [0, 0.1) is 19.3 Å². The molecule has 0 fully saturated rings. The molecule has 2 rings (SSSR count). The minimum atomic E-state index is 0.00433. The summed E-state index contributed by atoms with van der Waals surface area (Å²) in [6, 6.07) is 17.6. The molecule has 0 aliphatic rings. The molecule has 0 heteroatoms. The summed E-state index contributed by atoms with van der Waals surface area (Å²) in [4.78, 5) is 0. The molecule has 20 heavy (non-hydrogen) atoms. The normalized spacial score (nSPS) is 14.9. The second kappa shape index (κ2) is 5.09. The zero-order chi connectivity index (χ0) is 15.0. The topological polar surface area (TPSA) is 0 Å². The van der Waals surface area contributed by atoms with Crippen molar-refractivity contribution in [2.45, 2.75) is 47.0 Å². The molecule has 0 bridgehead atoms. The molecule has 0 aliphatic heterocycles. The van der Waals surface area contributed by atoms with E-state index in [9.17, 15) is 0 Å². The Balaban J connectivity index is 2.75. The quantitative estimate of drug-likeness (QED) is 0.658. The maximum absolute atomic E-state index is 2.38. The summed E-state index contributed by atoms with van der Waals surface area (Å²) in [6.45, 7) is 13.8. The van der Waals surface area contributed by atoms with Crippen molar-refractivity contribution >= 4 is 0 Å². The van der Waals surface area contributed by atoms with E-state index in [0.717, 1.165) is 0 Å². The SMILES string of the molecule is Cc1cccc(C(C)(c2ccccc2)C(C)(C)C)c1C. The molecule has 2 aromatic rings. The largest absolute Gasteiger partial charge is 0.0622 e. The first-order chi connectivity index (χ1) is 9.28. The van der Waals surface area contributed by atoms with E-state index >= 15 is 0 Å². The van der Waals surface area contributed by atoms with Crippen molar-refractivity contribution in [2.24, 2.45) is 5.41 Å². The molecule has 1 atom stereocenters. The first-order valence-corrected chi connectivity index (χ1v) is 7.40. The Kier molecular flexibility index (Phi) is 3.77. The number of hydrogen-bond acceptors (Lipinski definition) is 0. The fourth-order valence-corrected chi connectivity index (χ4v) is 3.06. The maximum atomic E-state index is 2.38. The first kappa shape index (κ1) is 14.8. The predicted octanol–water partition coefficient (Wildman–Crippen LogP) is 5.66. The Bertz CT molecular complexity index is 587. The van der Waals surface area contributed by atoms with Crippen LogP contribution in [0.3, 0.4) is 0 Å². The lowest BCUT2D eigenvalue weighted by atomic mass is 9.59. The lowest BCUT2D eigenvalue weighted by Crippen LogP contribution is -2.39. The van der Waals surface area contributed by atoms with Gasteiger partial charge in [-0.05, 0) is 41.5 Å². The number of benzene rings is 2. The molecular formula is C20H26. The molecule has 106 valence electrons. The highest BCUT2D eigenvalue weighted by Gasteiger charge is 2.41. The van der Waals surface area contributed by atoms with Crippen LogP contribution < -0.4 is 0 Å². The van der Waals surface area contributed by atoms with Crippen LogP contribution in [-0.4, -0.2) is 0 Å². The zero-order valence-electron chi connectivity index (χ0n) is 13.6. The van der Waals surface area contributed by atoms with E-state index < -0.39 is 0 Å². The van der Waals surface area contributed by atoms with Crippen LogP contribution in [0.5, 0.6) is 0 Å². The van der Waals surface area contributed by atoms with Gasteiger partial charge in [-0.15, -0.1) is 0 Å². The smallest absolute Gasteiger partial charge is 0.0225 e. The molecule has 0 saturated carbocycles. The lowest BCUT2D eigenvalue weighted by Gasteiger charge is -2.44. The summed E-state index contributed by atoms with van der Waals surface area (Å²) in [5, 5.41) is 0. The molecule has 0 aliphatic carbocycles. The van der Waals surface area contributed by atoms with Gasteiger partial charge in [-0.2, -0.15) is 0 Å². The summed E-state index contributed by atoms with van der Waals surface area (Å²) in [5.74, 6) is 0. The van der Waals surface area contributed by atoms with Crippen LogP contribution in [0.15, 0.2) is 48.5 Å². The van der Waals surface area contributed by atoms with Gasteiger partial charge in [-0.1, -0.05) is 76.2 Å². The Labute approximate surface area is 123 Å². The van der Waals surface area contributed by atoms with Gasteiger partial charge in [0.15, 0.2) is 0 Å². The fourth-order valence-electron chi connectivity index (χ4n) is 3.06. The predicted molar refractivity (Wildman–Crippen MR) is 88.3 cm³/mol. The van der Waals surface area contributed by atoms with Gasteiger partial charge in [0.05, 0.1) is 0 Å². The van der Waals surface area contributed by atoms with Crippen LogP contribution in [0.25, 0.3) is 0 Å². The Morgan fingerprint density at radius 1 is 0.700 bits per heavy atom. The molecule has 0 aromatic heterocycles. The summed E-state index contributed by atoms with van der Waals surface area (Å²) >= 11 is 0. The number of aryl methyl sites for hydroxylation is 1. The van der Waals surface area contributed by atoms with Crippen LogP contribution >= 0.6 is 0 Å². The lowest BCUT2D eigenvalue weighted by molar-refractivity contribution is 0.248. The molecule has 0 spiro atoms. The van der Waals surface area contributed by atoms with Crippen LogP contribution in [0.4, 0.5) is 0 Å². The van der Waals surface area contributed by atoms with Gasteiger partial charge < -0.3 is 0 Å². The van der Waals surface area contributed by atoms with Gasteiger partial charge in [0.25, 0.3) is 0 Å². The first-order valence-electron chi connectivity index (χ1n) is 7.40. The van der Waals surface area contributed by atoms with Gasteiger partial charge in [-0.3, -0.25) is 0 Å². The molecule has 1 unspecified atom stereocenters. The van der Waals surface area contributed by atoms with E-state index in [1.54, 1.807) is 0 Å². The molecule has 2 aromatic carbocycles. The Morgan fingerprint density at radius 3 is 1.85 bits per heavy atom. The van der Waals surface area contributed by atoms with E-state index in [4.69, 9.17) is 0 Å². The van der Waals surface area contributed by atoms with Gasteiger partial charge in [0.2, 0.25) is 0 Å². The van der Waals surface area contributed by atoms with E-state index in [-0.39, 0.29) is 10.8 Å². The minimum Gasteiger partial charge on any atom is -0.0622 e. The molecule has 0 heterocycles. The highest BCUT2D eigenvalue weighted by Crippen LogP contribution is 2.47. The van der Waals surface area contributed by atoms with E-state index in [1.165, 1.54) is 22.3 Å². The molecule has 0 radical (unpaired) electrons. The van der Waals surface area contributed by atoms with Crippen molar-refractivity contribution in [2.75, 3.05) is 0 Å². The van der Waals surface area contributed by atoms with Gasteiger partial charge >= 0.3 is 0 Å². The molecule has 0 amide bonds. The van der Waals surface area contributed by atoms with Crippen LogP contribution in [0.2, 0.25) is 0 Å². The van der Waals surface area contributed by atoms with Gasteiger partial charge in [0, 0.05) is 5.41 Å². The fraction of sp³-hybridized carbons (Fsp3) is 0.400. The van der Waals surface area contributed by atoms with Crippen molar-refractivity contribution < 1.29 is 0 Å². The molecule has 0 saturated heterocycles. The second-order valence-corrected chi connectivity index (χ2v) is 6.99. The third kappa shape index (κ3) is 2.28. The standard InChI is InChI=1S/C20H26/c1-15-11-10-14-18(16(15)2)20(6,19(3,4)5)17-12-8-7-9-13-17/h7-14H,1-6H3. The Hall–Kier alpha value is -1.56. The maximum Gasteiger partial charge on any atom is 0.0225 e. The van der Waals surface area contributed by atoms with Gasteiger partial charge in [0.1, 0.15) is 0 Å². The third-order valence-corrected chi connectivity index (χ3v) is 4.99. The highest BCUT2D eigenvalue weighted by atomic mass is 14.4. The second-order valence-electron chi connectivity index (χ2n) is 6.99. The Morgan fingerprint density at radius 2 is 1.30 bits per heavy atom. The van der Waals surface area contributed by atoms with Gasteiger partial charge in [-0.25, -0.2) is 0 Å². The summed E-state index contributed by atoms with van der Waals surface area (Å²) in [5.41, 5.74) is 5.76. The van der Waals surface area contributed by atoms with Crippen molar-refractivity contribution in [1.82, 2.24) is 0 Å². The minimum absolute atomic E-state index is 0.00433. The van der Waals surface area contributed by atoms with Crippen molar-refractivity contribution in [3.05, 3.63) is 70.8 Å². The monoisotopic (exact) mass is 266 g/mol. The average Bonchev–Trinajstić information content (AvgIpc) is 2.41. The van der Waals surface area contributed by atoms with E-state index in [0.29, 0.717) is 0 Å². The average molecular weight is 266 g/mol. The number of hydrogen-bond donors (Lipinski definition) is 0. The molecular weight excluding hydrogens is 240 g/mol. The van der Waals surface area contributed by atoms with Crippen molar-refractivity contribution in [3.8, 4) is 0 Å². The van der Waals surface area contributed by atoms with Crippen LogP contribution in [-0.2, 0) is 5.41 Å². The summed E-state index contributed by atoms with van der Waals surface area (Å²) < 4.78 is 0. The van der Waals surface area contributed by atoms with Crippen LogP contribution in [0.1, 0.15) is 49.9 Å². The highest BCUT2D eigenvalue weighted by molar-refractivity contribution is 5.47. The summed E-state index contributed by atoms with van der Waals surface area (Å²) in [6.07, 6.45) is 0. The van der Waals surface area contributed by atoms with E-state index in [2.05, 4.69) is 90.1 Å². The van der Waals surface area contributed by atoms with Crippen molar-refractivity contribution in [3.63, 3.8) is 0 Å². The third-order valence-electron chi connectivity index (χ3n) is 4.99. The van der Waals surface area contributed by atoms with Crippen molar-refractivity contribution in [1.29, 1.82) is 0 Å². The molecule has 0 N–H and O–H groups in total. The summed E-state index contributed by atoms with van der Waals surface area (Å²) in [7, 11) is 0.